The molecular formula is C22H27N3O4S. The molecule has 1 aliphatic heterocycles. The zero-order valence-electron chi connectivity index (χ0n) is 17.3. The van der Waals surface area contributed by atoms with Gasteiger partial charge in [0.25, 0.3) is 5.91 Å². The number of rotatable bonds is 5. The SMILES string of the molecule is CC(=O)Nc1ccc(C(=O)Nc2ccc(C)c(S(=O)(=O)N3CCCCCC3)c2)cc1. The summed E-state index contributed by atoms with van der Waals surface area (Å²) in [6.07, 6.45) is 3.82. The predicted octanol–water partition coefficient (Wildman–Crippen LogP) is 3.77. The van der Waals surface area contributed by atoms with E-state index in [9.17, 15) is 18.0 Å². The summed E-state index contributed by atoms with van der Waals surface area (Å²) in [7, 11) is -3.61. The van der Waals surface area contributed by atoms with Gasteiger partial charge in [0.05, 0.1) is 4.90 Å². The first-order valence-electron chi connectivity index (χ1n) is 10.1. The summed E-state index contributed by atoms with van der Waals surface area (Å²) in [5, 5.41) is 5.41. The van der Waals surface area contributed by atoms with Gasteiger partial charge in [0, 0.05) is 37.0 Å². The summed E-state index contributed by atoms with van der Waals surface area (Å²) in [5.74, 6) is -0.545. The van der Waals surface area contributed by atoms with Crippen LogP contribution in [0.1, 0.15) is 48.5 Å². The molecule has 0 atom stereocenters. The standard InChI is InChI=1S/C22H27N3O4S/c1-16-7-10-20(15-21(16)30(28,29)25-13-5-3-4-6-14-25)24-22(27)18-8-11-19(12-9-18)23-17(2)26/h7-12,15H,3-6,13-14H2,1-2H3,(H,23,26)(H,24,27). The molecule has 0 unspecified atom stereocenters. The van der Waals surface area contributed by atoms with E-state index in [-0.39, 0.29) is 16.7 Å². The van der Waals surface area contributed by atoms with Crippen LogP contribution in [0.2, 0.25) is 0 Å². The number of benzene rings is 2. The van der Waals surface area contributed by atoms with Gasteiger partial charge < -0.3 is 10.6 Å². The molecule has 0 aromatic heterocycles. The number of hydrogen-bond acceptors (Lipinski definition) is 4. The van der Waals surface area contributed by atoms with Crippen LogP contribution >= 0.6 is 0 Å². The summed E-state index contributed by atoms with van der Waals surface area (Å²) >= 11 is 0. The van der Waals surface area contributed by atoms with Gasteiger partial charge in [0.1, 0.15) is 0 Å². The number of carbonyl (C=O) groups is 2. The third-order valence-electron chi connectivity index (χ3n) is 5.10. The predicted molar refractivity (Wildman–Crippen MR) is 117 cm³/mol. The quantitative estimate of drug-likeness (QED) is 0.756. The molecule has 1 saturated heterocycles. The Kier molecular flexibility index (Phi) is 6.89. The molecule has 2 amide bonds. The van der Waals surface area contributed by atoms with Crippen molar-refractivity contribution in [3.63, 3.8) is 0 Å². The van der Waals surface area contributed by atoms with Crippen LogP contribution in [0.4, 0.5) is 11.4 Å². The van der Waals surface area contributed by atoms with E-state index in [1.165, 1.54) is 13.0 Å². The van der Waals surface area contributed by atoms with E-state index >= 15 is 0 Å². The number of amides is 2. The van der Waals surface area contributed by atoms with Crippen molar-refractivity contribution >= 4 is 33.2 Å². The molecule has 1 heterocycles. The highest BCUT2D eigenvalue weighted by Crippen LogP contribution is 2.26. The Morgan fingerprint density at radius 3 is 2.07 bits per heavy atom. The third kappa shape index (κ3) is 5.25. The molecule has 1 aliphatic rings. The summed E-state index contributed by atoms with van der Waals surface area (Å²) in [4.78, 5) is 23.9. The van der Waals surface area contributed by atoms with Gasteiger partial charge in [-0.3, -0.25) is 9.59 Å². The van der Waals surface area contributed by atoms with Crippen molar-refractivity contribution in [1.29, 1.82) is 0 Å². The number of nitrogens with zero attached hydrogens (tertiary/aromatic N) is 1. The van der Waals surface area contributed by atoms with Crippen LogP contribution in [0.3, 0.4) is 0 Å². The minimum atomic E-state index is -3.61. The highest BCUT2D eigenvalue weighted by atomic mass is 32.2. The summed E-state index contributed by atoms with van der Waals surface area (Å²) in [5.41, 5.74) is 2.07. The van der Waals surface area contributed by atoms with E-state index < -0.39 is 10.0 Å². The first kappa shape index (κ1) is 22.0. The van der Waals surface area contributed by atoms with Gasteiger partial charge in [-0.15, -0.1) is 0 Å². The first-order chi connectivity index (χ1) is 14.3. The lowest BCUT2D eigenvalue weighted by molar-refractivity contribution is -0.114. The summed E-state index contributed by atoms with van der Waals surface area (Å²) in [6, 6.07) is 11.4. The third-order valence-corrected chi connectivity index (χ3v) is 7.14. The zero-order chi connectivity index (χ0) is 21.7. The van der Waals surface area contributed by atoms with E-state index in [4.69, 9.17) is 0 Å². The highest BCUT2D eigenvalue weighted by molar-refractivity contribution is 7.89. The number of aryl methyl sites for hydroxylation is 1. The molecule has 0 radical (unpaired) electrons. The summed E-state index contributed by atoms with van der Waals surface area (Å²) in [6.45, 7) is 4.23. The molecule has 30 heavy (non-hydrogen) atoms. The van der Waals surface area contributed by atoms with E-state index in [2.05, 4.69) is 10.6 Å². The Hall–Kier alpha value is -2.71. The first-order valence-corrected chi connectivity index (χ1v) is 11.5. The molecule has 2 aromatic carbocycles. The van der Waals surface area contributed by atoms with Gasteiger partial charge in [0.15, 0.2) is 0 Å². The Bertz CT molecular complexity index is 1020. The van der Waals surface area contributed by atoms with E-state index in [1.807, 2.05) is 0 Å². The molecule has 160 valence electrons. The maximum absolute atomic E-state index is 13.2. The maximum Gasteiger partial charge on any atom is 0.255 e. The lowest BCUT2D eigenvalue weighted by Crippen LogP contribution is -2.32. The van der Waals surface area contributed by atoms with Crippen LogP contribution in [0.15, 0.2) is 47.4 Å². The highest BCUT2D eigenvalue weighted by Gasteiger charge is 2.27. The number of anilines is 2. The Morgan fingerprint density at radius 1 is 0.867 bits per heavy atom. The molecule has 8 heteroatoms. The average molecular weight is 430 g/mol. The van der Waals surface area contributed by atoms with Gasteiger partial charge in [0.2, 0.25) is 15.9 Å². The second-order valence-electron chi connectivity index (χ2n) is 7.51. The molecular weight excluding hydrogens is 402 g/mol. The molecule has 1 fully saturated rings. The summed E-state index contributed by atoms with van der Waals surface area (Å²) < 4.78 is 27.9. The Morgan fingerprint density at radius 2 is 1.47 bits per heavy atom. The molecule has 0 aliphatic carbocycles. The van der Waals surface area contributed by atoms with Crippen molar-refractivity contribution in [3.05, 3.63) is 53.6 Å². The number of nitrogens with one attached hydrogen (secondary N) is 2. The van der Waals surface area contributed by atoms with Crippen LogP contribution < -0.4 is 10.6 Å². The fourth-order valence-corrected chi connectivity index (χ4v) is 5.26. The van der Waals surface area contributed by atoms with Crippen LogP contribution in [0.5, 0.6) is 0 Å². The van der Waals surface area contributed by atoms with Crippen LogP contribution in [-0.4, -0.2) is 37.6 Å². The van der Waals surface area contributed by atoms with Crippen molar-refractivity contribution in [2.45, 2.75) is 44.4 Å². The molecule has 2 N–H and O–H groups in total. The zero-order valence-corrected chi connectivity index (χ0v) is 18.1. The van der Waals surface area contributed by atoms with E-state index in [1.54, 1.807) is 47.6 Å². The van der Waals surface area contributed by atoms with Crippen LogP contribution in [-0.2, 0) is 14.8 Å². The second-order valence-corrected chi connectivity index (χ2v) is 9.42. The Labute approximate surface area is 177 Å². The number of sulfonamides is 1. The number of hydrogen-bond donors (Lipinski definition) is 2. The molecule has 0 saturated carbocycles. The van der Waals surface area contributed by atoms with Crippen molar-refractivity contribution in [2.24, 2.45) is 0 Å². The maximum atomic E-state index is 13.2. The average Bonchev–Trinajstić information content (AvgIpc) is 2.99. The van der Waals surface area contributed by atoms with Gasteiger partial charge in [-0.1, -0.05) is 18.9 Å². The van der Waals surface area contributed by atoms with Crippen molar-refractivity contribution in [1.82, 2.24) is 4.31 Å². The monoisotopic (exact) mass is 429 g/mol. The number of carbonyl (C=O) groups excluding carboxylic acids is 2. The minimum Gasteiger partial charge on any atom is -0.326 e. The van der Waals surface area contributed by atoms with Crippen LogP contribution in [0.25, 0.3) is 0 Å². The van der Waals surface area contributed by atoms with Crippen molar-refractivity contribution < 1.29 is 18.0 Å². The van der Waals surface area contributed by atoms with Gasteiger partial charge in [-0.25, -0.2) is 8.42 Å². The Balaban J connectivity index is 1.79. The lowest BCUT2D eigenvalue weighted by Gasteiger charge is -2.21. The molecule has 0 bridgehead atoms. The van der Waals surface area contributed by atoms with Crippen molar-refractivity contribution in [3.8, 4) is 0 Å². The normalized spacial score (nSPS) is 15.3. The van der Waals surface area contributed by atoms with Crippen molar-refractivity contribution in [2.75, 3.05) is 23.7 Å². The van der Waals surface area contributed by atoms with Gasteiger partial charge >= 0.3 is 0 Å². The molecule has 0 spiro atoms. The fraction of sp³-hybridized carbons (Fsp3) is 0.364. The second kappa shape index (κ2) is 9.40. The van der Waals surface area contributed by atoms with Crippen LogP contribution in [0, 0.1) is 6.92 Å². The smallest absolute Gasteiger partial charge is 0.255 e. The molecule has 3 rings (SSSR count). The van der Waals surface area contributed by atoms with E-state index in [0.29, 0.717) is 35.6 Å². The largest absolute Gasteiger partial charge is 0.326 e. The van der Waals surface area contributed by atoms with E-state index in [0.717, 1.165) is 25.7 Å². The minimum absolute atomic E-state index is 0.190. The topological polar surface area (TPSA) is 95.6 Å². The molecule has 2 aromatic rings. The lowest BCUT2D eigenvalue weighted by atomic mass is 10.1. The van der Waals surface area contributed by atoms with Gasteiger partial charge in [-0.05, 0) is 61.7 Å². The molecule has 7 nitrogen and oxygen atoms in total. The fourth-order valence-electron chi connectivity index (χ4n) is 3.49. The van der Waals surface area contributed by atoms with Gasteiger partial charge in [-0.2, -0.15) is 4.31 Å².